The van der Waals surface area contributed by atoms with E-state index in [0.717, 1.165) is 5.56 Å². The SMILES string of the molecule is CC[C@H](C(=O)NC)N(Cc1cccc(OC)c1)C(=O)Cc1ccccc1[N+](=O)[O-]. The molecule has 154 valence electrons. The Bertz CT molecular complexity index is 884. The van der Waals surface area contributed by atoms with Gasteiger partial charge in [0.2, 0.25) is 11.8 Å². The van der Waals surface area contributed by atoms with Crippen LogP contribution in [0.1, 0.15) is 24.5 Å². The lowest BCUT2D eigenvalue weighted by molar-refractivity contribution is -0.385. The number of carbonyl (C=O) groups excluding carboxylic acids is 2. The number of benzene rings is 2. The quantitative estimate of drug-likeness (QED) is 0.516. The molecule has 0 aliphatic rings. The summed E-state index contributed by atoms with van der Waals surface area (Å²) in [4.78, 5) is 37.8. The third-order valence-electron chi connectivity index (χ3n) is 4.65. The van der Waals surface area contributed by atoms with Gasteiger partial charge in [0.1, 0.15) is 11.8 Å². The number of amides is 2. The zero-order chi connectivity index (χ0) is 21.4. The van der Waals surface area contributed by atoms with Crippen molar-refractivity contribution in [3.8, 4) is 5.75 Å². The van der Waals surface area contributed by atoms with Crippen molar-refractivity contribution < 1.29 is 19.2 Å². The largest absolute Gasteiger partial charge is 0.497 e. The molecule has 29 heavy (non-hydrogen) atoms. The molecule has 0 radical (unpaired) electrons. The number of rotatable bonds is 9. The second kappa shape index (κ2) is 10.2. The summed E-state index contributed by atoms with van der Waals surface area (Å²) in [5.41, 5.74) is 0.989. The monoisotopic (exact) mass is 399 g/mol. The number of para-hydroxylation sites is 1. The third kappa shape index (κ3) is 5.54. The highest BCUT2D eigenvalue weighted by Gasteiger charge is 2.29. The molecule has 1 atom stereocenters. The molecule has 0 unspecified atom stereocenters. The Hall–Kier alpha value is -3.42. The first-order valence-corrected chi connectivity index (χ1v) is 9.27. The molecule has 2 aromatic carbocycles. The lowest BCUT2D eigenvalue weighted by Gasteiger charge is -2.30. The van der Waals surface area contributed by atoms with Gasteiger partial charge < -0.3 is 15.0 Å². The van der Waals surface area contributed by atoms with Crippen molar-refractivity contribution >= 4 is 17.5 Å². The second-order valence-corrected chi connectivity index (χ2v) is 6.47. The Morgan fingerprint density at radius 1 is 1.21 bits per heavy atom. The summed E-state index contributed by atoms with van der Waals surface area (Å²) < 4.78 is 5.23. The first kappa shape index (κ1) is 21.9. The highest BCUT2D eigenvalue weighted by Crippen LogP contribution is 2.22. The molecular formula is C21H25N3O5. The standard InChI is InChI=1S/C21H25N3O5/c1-4-18(21(26)22-2)23(14-15-8-7-10-17(12-15)29-3)20(25)13-16-9-5-6-11-19(16)24(27)28/h5-12,18H,4,13-14H2,1-3H3,(H,22,26)/t18-/m1/s1. The maximum absolute atomic E-state index is 13.2. The summed E-state index contributed by atoms with van der Waals surface area (Å²) in [5.74, 6) is -0.00883. The fourth-order valence-corrected chi connectivity index (χ4v) is 3.16. The van der Waals surface area contributed by atoms with Gasteiger partial charge in [-0.25, -0.2) is 0 Å². The summed E-state index contributed by atoms with van der Waals surface area (Å²) in [6.07, 6.45) is 0.237. The summed E-state index contributed by atoms with van der Waals surface area (Å²) in [6.45, 7) is 2.00. The molecule has 0 bridgehead atoms. The summed E-state index contributed by atoms with van der Waals surface area (Å²) in [7, 11) is 3.07. The van der Waals surface area contributed by atoms with Crippen LogP contribution in [0.4, 0.5) is 5.69 Å². The molecule has 0 heterocycles. The van der Waals surface area contributed by atoms with Crippen molar-refractivity contribution in [3.63, 3.8) is 0 Å². The van der Waals surface area contributed by atoms with Crippen LogP contribution in [0.25, 0.3) is 0 Å². The van der Waals surface area contributed by atoms with E-state index in [4.69, 9.17) is 4.74 Å². The van der Waals surface area contributed by atoms with E-state index in [1.165, 1.54) is 18.0 Å². The number of hydrogen-bond donors (Lipinski definition) is 1. The molecule has 0 saturated carbocycles. The minimum Gasteiger partial charge on any atom is -0.497 e. The number of ether oxygens (including phenoxy) is 1. The number of nitro groups is 1. The zero-order valence-electron chi connectivity index (χ0n) is 16.8. The number of likely N-dealkylation sites (N-methyl/N-ethyl adjacent to an activating group) is 1. The van der Waals surface area contributed by atoms with E-state index in [9.17, 15) is 19.7 Å². The fraction of sp³-hybridized carbons (Fsp3) is 0.333. The van der Waals surface area contributed by atoms with Gasteiger partial charge in [0.15, 0.2) is 0 Å². The molecular weight excluding hydrogens is 374 g/mol. The first-order chi connectivity index (χ1) is 13.9. The van der Waals surface area contributed by atoms with E-state index in [1.54, 1.807) is 43.5 Å². The van der Waals surface area contributed by atoms with E-state index >= 15 is 0 Å². The number of nitrogens with zero attached hydrogens (tertiary/aromatic N) is 2. The van der Waals surface area contributed by atoms with E-state index in [-0.39, 0.29) is 30.5 Å². The molecule has 0 saturated heterocycles. The molecule has 0 aliphatic carbocycles. The van der Waals surface area contributed by atoms with Crippen molar-refractivity contribution in [1.82, 2.24) is 10.2 Å². The van der Waals surface area contributed by atoms with Crippen LogP contribution in [0.15, 0.2) is 48.5 Å². The Morgan fingerprint density at radius 3 is 2.55 bits per heavy atom. The van der Waals surface area contributed by atoms with Gasteiger partial charge in [-0.2, -0.15) is 0 Å². The van der Waals surface area contributed by atoms with Crippen LogP contribution < -0.4 is 10.1 Å². The Labute approximate surface area is 169 Å². The van der Waals surface area contributed by atoms with Crippen LogP contribution >= 0.6 is 0 Å². The second-order valence-electron chi connectivity index (χ2n) is 6.47. The molecule has 0 aliphatic heterocycles. The highest BCUT2D eigenvalue weighted by atomic mass is 16.6. The maximum atomic E-state index is 13.2. The van der Waals surface area contributed by atoms with Gasteiger partial charge >= 0.3 is 0 Å². The van der Waals surface area contributed by atoms with Gasteiger partial charge in [-0.15, -0.1) is 0 Å². The lowest BCUT2D eigenvalue weighted by atomic mass is 10.1. The minimum absolute atomic E-state index is 0.116. The molecule has 8 heteroatoms. The van der Waals surface area contributed by atoms with Crippen molar-refractivity contribution in [2.24, 2.45) is 0 Å². The predicted octanol–water partition coefficient (Wildman–Crippen LogP) is 2.70. The van der Waals surface area contributed by atoms with Gasteiger partial charge in [-0.3, -0.25) is 19.7 Å². The molecule has 2 aromatic rings. The number of hydrogen-bond acceptors (Lipinski definition) is 5. The minimum atomic E-state index is -0.693. The molecule has 2 amide bonds. The Kier molecular flexibility index (Phi) is 7.70. The summed E-state index contributed by atoms with van der Waals surface area (Å²) in [5, 5.41) is 13.9. The van der Waals surface area contributed by atoms with Crippen molar-refractivity contribution in [2.45, 2.75) is 32.4 Å². The van der Waals surface area contributed by atoms with Crippen molar-refractivity contribution in [3.05, 3.63) is 69.8 Å². The molecule has 1 N–H and O–H groups in total. The van der Waals surface area contributed by atoms with E-state index in [1.807, 2.05) is 13.0 Å². The third-order valence-corrected chi connectivity index (χ3v) is 4.65. The topological polar surface area (TPSA) is 102 Å². The van der Waals surface area contributed by atoms with Gasteiger partial charge in [0.05, 0.1) is 18.5 Å². The van der Waals surface area contributed by atoms with Gasteiger partial charge in [-0.1, -0.05) is 37.3 Å². The molecule has 0 spiro atoms. The van der Waals surface area contributed by atoms with Crippen LogP contribution in [0.5, 0.6) is 5.75 Å². The smallest absolute Gasteiger partial charge is 0.273 e. The normalized spacial score (nSPS) is 11.4. The van der Waals surface area contributed by atoms with E-state index in [0.29, 0.717) is 17.7 Å². The maximum Gasteiger partial charge on any atom is 0.273 e. The fourth-order valence-electron chi connectivity index (χ4n) is 3.16. The predicted molar refractivity (Wildman–Crippen MR) is 108 cm³/mol. The average molecular weight is 399 g/mol. The lowest BCUT2D eigenvalue weighted by Crippen LogP contribution is -2.48. The van der Waals surface area contributed by atoms with Crippen molar-refractivity contribution in [1.29, 1.82) is 0 Å². The molecule has 2 rings (SSSR count). The number of methoxy groups -OCH3 is 1. The molecule has 8 nitrogen and oxygen atoms in total. The first-order valence-electron chi connectivity index (χ1n) is 9.27. The van der Waals surface area contributed by atoms with Crippen LogP contribution in [-0.4, -0.2) is 41.8 Å². The van der Waals surface area contributed by atoms with Crippen molar-refractivity contribution in [2.75, 3.05) is 14.2 Å². The zero-order valence-corrected chi connectivity index (χ0v) is 16.8. The van der Waals surface area contributed by atoms with Crippen LogP contribution in [-0.2, 0) is 22.6 Å². The van der Waals surface area contributed by atoms with E-state index < -0.39 is 11.0 Å². The number of nitrogens with one attached hydrogen (secondary N) is 1. The number of carbonyl (C=O) groups is 2. The van der Waals surface area contributed by atoms with Crippen LogP contribution in [0.2, 0.25) is 0 Å². The van der Waals surface area contributed by atoms with Gasteiger partial charge in [0.25, 0.3) is 5.69 Å². The summed E-state index contributed by atoms with van der Waals surface area (Å²) in [6, 6.07) is 12.7. The molecule has 0 fully saturated rings. The van der Waals surface area contributed by atoms with Gasteiger partial charge in [-0.05, 0) is 24.1 Å². The number of nitro benzene ring substituents is 1. The summed E-state index contributed by atoms with van der Waals surface area (Å²) >= 11 is 0. The molecule has 0 aromatic heterocycles. The Balaban J connectivity index is 2.36. The van der Waals surface area contributed by atoms with Crippen LogP contribution in [0.3, 0.4) is 0 Å². The Morgan fingerprint density at radius 2 is 1.93 bits per heavy atom. The highest BCUT2D eigenvalue weighted by molar-refractivity contribution is 5.88. The average Bonchev–Trinajstić information content (AvgIpc) is 2.73. The van der Waals surface area contributed by atoms with E-state index in [2.05, 4.69) is 5.32 Å². The van der Waals surface area contributed by atoms with Crippen LogP contribution in [0, 0.1) is 10.1 Å². The van der Waals surface area contributed by atoms with Gasteiger partial charge in [0, 0.05) is 25.2 Å².